The number of carbonyl (C=O) groups excluding carboxylic acids is 1. The van der Waals surface area contributed by atoms with Gasteiger partial charge in [0.2, 0.25) is 0 Å². The van der Waals surface area contributed by atoms with Crippen molar-refractivity contribution in [2.45, 2.75) is 25.0 Å². The summed E-state index contributed by atoms with van der Waals surface area (Å²) < 4.78 is 10.7. The highest BCUT2D eigenvalue weighted by atomic mass is 35.5. The van der Waals surface area contributed by atoms with Crippen LogP contribution in [0.5, 0.6) is 5.75 Å². The summed E-state index contributed by atoms with van der Waals surface area (Å²) >= 11 is 5.94. The lowest BCUT2D eigenvalue weighted by Crippen LogP contribution is -2.53. The molecule has 0 radical (unpaired) electrons. The van der Waals surface area contributed by atoms with Crippen LogP contribution in [0.2, 0.25) is 5.02 Å². The summed E-state index contributed by atoms with van der Waals surface area (Å²) in [6, 6.07) is 5.27. The maximum atomic E-state index is 12.3. The molecule has 0 unspecified atom stereocenters. The molecule has 1 aromatic carbocycles. The summed E-state index contributed by atoms with van der Waals surface area (Å²) in [5.41, 5.74) is 0.484. The molecule has 1 aliphatic carbocycles. The van der Waals surface area contributed by atoms with E-state index in [4.69, 9.17) is 21.1 Å². The Morgan fingerprint density at radius 2 is 2.37 bits per heavy atom. The fourth-order valence-corrected chi connectivity index (χ4v) is 3.04. The molecule has 5 heteroatoms. The third-order valence-corrected chi connectivity index (χ3v) is 4.22. The number of rotatable bonds is 3. The predicted octanol–water partition coefficient (Wildman–Crippen LogP) is 2.26. The molecule has 19 heavy (non-hydrogen) atoms. The minimum absolute atomic E-state index is 0.130. The standard InChI is InChI=1S/C14H16ClNO3/c1-18-12-3-2-8(15)6-10(12)14(17)16-11-7-13-9(11)4-5-19-13/h2-3,6,9,11,13H,4-5,7H2,1H3,(H,16,17)/t9-,11+,13+/m0/s1. The molecule has 1 aliphatic heterocycles. The van der Waals surface area contributed by atoms with Gasteiger partial charge >= 0.3 is 0 Å². The van der Waals surface area contributed by atoms with Crippen LogP contribution >= 0.6 is 11.6 Å². The van der Waals surface area contributed by atoms with Gasteiger partial charge in [-0.3, -0.25) is 4.79 Å². The number of benzene rings is 1. The highest BCUT2D eigenvalue weighted by molar-refractivity contribution is 6.31. The van der Waals surface area contributed by atoms with Crippen molar-refractivity contribution in [3.8, 4) is 5.75 Å². The molecule has 0 aromatic heterocycles. The first-order valence-corrected chi connectivity index (χ1v) is 6.83. The third-order valence-electron chi connectivity index (χ3n) is 3.99. The van der Waals surface area contributed by atoms with Crippen LogP contribution in [0.3, 0.4) is 0 Å². The molecule has 1 aromatic rings. The fraction of sp³-hybridized carbons (Fsp3) is 0.500. The summed E-state index contributed by atoms with van der Waals surface area (Å²) in [6.07, 6.45) is 2.27. The first kappa shape index (κ1) is 12.8. The Hall–Kier alpha value is -1.26. The van der Waals surface area contributed by atoms with Crippen molar-refractivity contribution in [3.05, 3.63) is 28.8 Å². The fourth-order valence-electron chi connectivity index (χ4n) is 2.87. The van der Waals surface area contributed by atoms with E-state index in [2.05, 4.69) is 5.32 Å². The van der Waals surface area contributed by atoms with E-state index in [0.29, 0.717) is 28.4 Å². The van der Waals surface area contributed by atoms with E-state index in [1.165, 1.54) is 0 Å². The van der Waals surface area contributed by atoms with Crippen LogP contribution in [0.15, 0.2) is 18.2 Å². The van der Waals surface area contributed by atoms with E-state index >= 15 is 0 Å². The summed E-state index contributed by atoms with van der Waals surface area (Å²) in [5, 5.41) is 3.58. The van der Waals surface area contributed by atoms with Gasteiger partial charge in [0.15, 0.2) is 0 Å². The molecule has 2 fully saturated rings. The van der Waals surface area contributed by atoms with Crippen LogP contribution in [-0.2, 0) is 4.74 Å². The van der Waals surface area contributed by atoms with E-state index in [1.807, 2.05) is 0 Å². The zero-order valence-corrected chi connectivity index (χ0v) is 11.4. The second-order valence-electron chi connectivity index (χ2n) is 5.02. The average Bonchev–Trinajstić information content (AvgIpc) is 2.77. The quantitative estimate of drug-likeness (QED) is 0.924. The lowest BCUT2D eigenvalue weighted by molar-refractivity contribution is 0.00807. The van der Waals surface area contributed by atoms with Crippen molar-refractivity contribution in [1.82, 2.24) is 5.32 Å². The second kappa shape index (κ2) is 5.02. The Morgan fingerprint density at radius 1 is 1.53 bits per heavy atom. The van der Waals surface area contributed by atoms with Gasteiger partial charge in [-0.1, -0.05) is 11.6 Å². The largest absolute Gasteiger partial charge is 0.496 e. The molecule has 102 valence electrons. The molecule has 0 bridgehead atoms. The van der Waals surface area contributed by atoms with Gasteiger partial charge in [-0.05, 0) is 31.0 Å². The predicted molar refractivity (Wildman–Crippen MR) is 71.7 cm³/mol. The molecule has 1 heterocycles. The van der Waals surface area contributed by atoms with Crippen molar-refractivity contribution in [2.24, 2.45) is 5.92 Å². The SMILES string of the molecule is COc1ccc(Cl)cc1C(=O)N[C@@H]1C[C@H]2OCC[C@@H]12. The zero-order chi connectivity index (χ0) is 13.4. The number of ether oxygens (including phenoxy) is 2. The first-order chi connectivity index (χ1) is 9.19. The van der Waals surface area contributed by atoms with E-state index < -0.39 is 0 Å². The highest BCUT2D eigenvalue weighted by Gasteiger charge is 2.45. The number of hydrogen-bond donors (Lipinski definition) is 1. The molecular formula is C14H16ClNO3. The van der Waals surface area contributed by atoms with Crippen molar-refractivity contribution in [3.63, 3.8) is 0 Å². The van der Waals surface area contributed by atoms with Crippen molar-refractivity contribution < 1.29 is 14.3 Å². The molecule has 1 amide bonds. The average molecular weight is 282 g/mol. The van der Waals surface area contributed by atoms with Gasteiger partial charge in [0.25, 0.3) is 5.91 Å². The van der Waals surface area contributed by atoms with Crippen molar-refractivity contribution in [2.75, 3.05) is 13.7 Å². The lowest BCUT2D eigenvalue weighted by atomic mass is 9.76. The summed E-state index contributed by atoms with van der Waals surface area (Å²) in [5.74, 6) is 0.879. The molecule has 1 saturated carbocycles. The lowest BCUT2D eigenvalue weighted by Gasteiger charge is -2.39. The minimum Gasteiger partial charge on any atom is -0.496 e. The van der Waals surface area contributed by atoms with Gasteiger partial charge in [0.05, 0.1) is 18.8 Å². The van der Waals surface area contributed by atoms with Gasteiger partial charge < -0.3 is 14.8 Å². The topological polar surface area (TPSA) is 47.6 Å². The third kappa shape index (κ3) is 2.30. The van der Waals surface area contributed by atoms with Gasteiger partial charge in [0.1, 0.15) is 5.75 Å². The maximum Gasteiger partial charge on any atom is 0.255 e. The zero-order valence-electron chi connectivity index (χ0n) is 10.7. The summed E-state index contributed by atoms with van der Waals surface area (Å²) in [7, 11) is 1.55. The Kier molecular flexibility index (Phi) is 3.37. The molecule has 1 N–H and O–H groups in total. The number of hydrogen-bond acceptors (Lipinski definition) is 3. The van der Waals surface area contributed by atoms with Gasteiger partial charge in [-0.2, -0.15) is 0 Å². The Morgan fingerprint density at radius 3 is 3.11 bits per heavy atom. The second-order valence-corrected chi connectivity index (χ2v) is 5.46. The van der Waals surface area contributed by atoms with Crippen LogP contribution in [0, 0.1) is 5.92 Å². The Bertz CT molecular complexity index is 505. The van der Waals surface area contributed by atoms with Crippen LogP contribution in [0.4, 0.5) is 0 Å². The van der Waals surface area contributed by atoms with Crippen LogP contribution in [0.25, 0.3) is 0 Å². The maximum absolute atomic E-state index is 12.3. The van der Waals surface area contributed by atoms with Crippen molar-refractivity contribution >= 4 is 17.5 Å². The van der Waals surface area contributed by atoms with Crippen LogP contribution in [-0.4, -0.2) is 31.8 Å². The molecule has 0 spiro atoms. The number of carbonyl (C=O) groups is 1. The van der Waals surface area contributed by atoms with E-state index in [0.717, 1.165) is 19.4 Å². The summed E-state index contributed by atoms with van der Waals surface area (Å²) in [4.78, 5) is 12.3. The number of halogens is 1. The molecule has 4 nitrogen and oxygen atoms in total. The van der Waals surface area contributed by atoms with Gasteiger partial charge in [-0.15, -0.1) is 0 Å². The number of methoxy groups -OCH3 is 1. The van der Waals surface area contributed by atoms with Crippen LogP contribution in [0.1, 0.15) is 23.2 Å². The number of nitrogens with one attached hydrogen (secondary N) is 1. The van der Waals surface area contributed by atoms with E-state index in [-0.39, 0.29) is 11.9 Å². The number of fused-ring (bicyclic) bond motifs is 1. The summed E-state index contributed by atoms with van der Waals surface area (Å²) in [6.45, 7) is 0.808. The highest BCUT2D eigenvalue weighted by Crippen LogP contribution is 2.38. The van der Waals surface area contributed by atoms with Crippen LogP contribution < -0.4 is 10.1 Å². The van der Waals surface area contributed by atoms with Gasteiger partial charge in [0, 0.05) is 23.6 Å². The molecular weight excluding hydrogens is 266 g/mol. The smallest absolute Gasteiger partial charge is 0.255 e. The normalized spacial score (nSPS) is 28.4. The monoisotopic (exact) mass is 281 g/mol. The Labute approximate surface area is 117 Å². The molecule has 1 saturated heterocycles. The molecule has 2 aliphatic rings. The van der Waals surface area contributed by atoms with E-state index in [1.54, 1.807) is 25.3 Å². The van der Waals surface area contributed by atoms with Crippen molar-refractivity contribution in [1.29, 1.82) is 0 Å². The van der Waals surface area contributed by atoms with Gasteiger partial charge in [-0.25, -0.2) is 0 Å². The molecule has 3 rings (SSSR count). The number of amides is 1. The Balaban J connectivity index is 1.72. The first-order valence-electron chi connectivity index (χ1n) is 6.45. The minimum atomic E-state index is -0.130. The van der Waals surface area contributed by atoms with E-state index in [9.17, 15) is 4.79 Å². The molecule has 3 atom stereocenters.